The summed E-state index contributed by atoms with van der Waals surface area (Å²) < 4.78 is 4.88. The van der Waals surface area contributed by atoms with Gasteiger partial charge in [0.1, 0.15) is 0 Å². The third-order valence-electron chi connectivity index (χ3n) is 3.17. The fourth-order valence-corrected chi connectivity index (χ4v) is 2.48. The minimum Gasteiger partial charge on any atom is -0.351 e. The van der Waals surface area contributed by atoms with Gasteiger partial charge in [0.25, 0.3) is 5.91 Å². The van der Waals surface area contributed by atoms with E-state index in [0.717, 1.165) is 19.6 Å². The average Bonchev–Trinajstić information content (AvgIpc) is 2.87. The molecule has 2 bridgehead atoms. The number of fused-ring (bicyclic) bond motifs is 2. The second-order valence-corrected chi connectivity index (χ2v) is 4.29. The Bertz CT molecular complexity index is 351. The molecule has 1 aromatic heterocycles. The summed E-state index contributed by atoms with van der Waals surface area (Å²) in [7, 11) is 0. The molecule has 0 saturated carbocycles. The number of hydrogen-bond acceptors (Lipinski definition) is 4. The van der Waals surface area contributed by atoms with Crippen molar-refractivity contribution in [3.8, 4) is 0 Å². The van der Waals surface area contributed by atoms with Crippen molar-refractivity contribution in [3.63, 3.8) is 0 Å². The van der Waals surface area contributed by atoms with Gasteiger partial charge in [-0.1, -0.05) is 5.16 Å². The lowest BCUT2D eigenvalue weighted by Crippen LogP contribution is -2.44. The molecule has 5 nitrogen and oxygen atoms in total. The lowest BCUT2D eigenvalue weighted by atomic mass is 10.00. The summed E-state index contributed by atoms with van der Waals surface area (Å²) in [6, 6.07) is 2.09. The van der Waals surface area contributed by atoms with Crippen LogP contribution in [0, 0.1) is 5.92 Å². The van der Waals surface area contributed by atoms with Gasteiger partial charge in [0.2, 0.25) is 5.76 Å². The first kappa shape index (κ1) is 8.91. The van der Waals surface area contributed by atoms with Crippen molar-refractivity contribution in [2.45, 2.75) is 12.5 Å². The molecule has 1 amide bonds. The molecule has 0 spiro atoms. The zero-order valence-electron chi connectivity index (χ0n) is 8.35. The van der Waals surface area contributed by atoms with E-state index in [4.69, 9.17) is 4.52 Å². The molecule has 0 aliphatic carbocycles. The van der Waals surface area contributed by atoms with Crippen LogP contribution in [0.2, 0.25) is 0 Å². The summed E-state index contributed by atoms with van der Waals surface area (Å²) in [5.41, 5.74) is 0. The Morgan fingerprint density at radius 3 is 3.27 bits per heavy atom. The monoisotopic (exact) mass is 207 g/mol. The molecule has 2 aliphatic heterocycles. The molecule has 15 heavy (non-hydrogen) atoms. The van der Waals surface area contributed by atoms with Crippen LogP contribution in [0.15, 0.2) is 16.8 Å². The number of piperidine rings is 1. The van der Waals surface area contributed by atoms with Crippen molar-refractivity contribution in [1.29, 1.82) is 0 Å². The molecule has 1 N–H and O–H groups in total. The number of aromatic nitrogens is 1. The zero-order chi connectivity index (χ0) is 10.3. The van der Waals surface area contributed by atoms with Crippen molar-refractivity contribution in [2.75, 3.05) is 19.6 Å². The normalized spacial score (nSPS) is 29.5. The molecule has 2 atom stereocenters. The van der Waals surface area contributed by atoms with Crippen LogP contribution < -0.4 is 5.32 Å². The minimum absolute atomic E-state index is 0.0362. The third kappa shape index (κ3) is 1.52. The lowest BCUT2D eigenvalue weighted by Gasteiger charge is -2.30. The van der Waals surface area contributed by atoms with Gasteiger partial charge in [-0.25, -0.2) is 0 Å². The molecular formula is C10H13N3O2. The van der Waals surface area contributed by atoms with Crippen molar-refractivity contribution in [2.24, 2.45) is 5.92 Å². The van der Waals surface area contributed by atoms with Gasteiger partial charge in [-0.2, -0.15) is 0 Å². The maximum Gasteiger partial charge on any atom is 0.292 e. The van der Waals surface area contributed by atoms with E-state index in [2.05, 4.69) is 10.5 Å². The Kier molecular flexibility index (Phi) is 1.98. The number of carbonyl (C=O) groups excluding carboxylic acids is 1. The average molecular weight is 207 g/mol. The van der Waals surface area contributed by atoms with Crippen LogP contribution in [-0.4, -0.2) is 41.6 Å². The SMILES string of the molecule is O=C(c1ccno1)N1CC2CNC(C2)C1. The highest BCUT2D eigenvalue weighted by molar-refractivity contribution is 5.91. The predicted octanol–water partition coefficient (Wildman–Crippen LogP) is 0.108. The maximum absolute atomic E-state index is 11.9. The highest BCUT2D eigenvalue weighted by atomic mass is 16.5. The van der Waals surface area contributed by atoms with Gasteiger partial charge in [-0.15, -0.1) is 0 Å². The number of nitrogens with zero attached hydrogens (tertiary/aromatic N) is 2. The van der Waals surface area contributed by atoms with Gasteiger partial charge in [0, 0.05) is 31.7 Å². The Morgan fingerprint density at radius 2 is 2.53 bits per heavy atom. The fraction of sp³-hybridized carbons (Fsp3) is 0.600. The van der Waals surface area contributed by atoms with Gasteiger partial charge in [0.15, 0.2) is 0 Å². The topological polar surface area (TPSA) is 58.4 Å². The number of nitrogens with one attached hydrogen (secondary N) is 1. The Hall–Kier alpha value is -1.36. The summed E-state index contributed by atoms with van der Waals surface area (Å²) in [4.78, 5) is 13.8. The summed E-state index contributed by atoms with van der Waals surface area (Å²) in [6.07, 6.45) is 2.70. The van der Waals surface area contributed by atoms with Gasteiger partial charge < -0.3 is 14.7 Å². The van der Waals surface area contributed by atoms with Crippen molar-refractivity contribution in [1.82, 2.24) is 15.4 Å². The predicted molar refractivity (Wildman–Crippen MR) is 52.3 cm³/mol. The minimum atomic E-state index is -0.0362. The molecule has 2 fully saturated rings. The number of hydrogen-bond donors (Lipinski definition) is 1. The van der Waals surface area contributed by atoms with Crippen molar-refractivity contribution >= 4 is 5.91 Å². The number of carbonyl (C=O) groups is 1. The summed E-state index contributed by atoms with van der Waals surface area (Å²) >= 11 is 0. The highest BCUT2D eigenvalue weighted by Crippen LogP contribution is 2.23. The van der Waals surface area contributed by atoms with Gasteiger partial charge in [-0.05, 0) is 12.3 Å². The fourth-order valence-electron chi connectivity index (χ4n) is 2.48. The van der Waals surface area contributed by atoms with Gasteiger partial charge in [0.05, 0.1) is 6.20 Å². The van der Waals surface area contributed by atoms with Crippen LogP contribution in [0.3, 0.4) is 0 Å². The van der Waals surface area contributed by atoms with E-state index in [1.54, 1.807) is 6.07 Å². The molecule has 0 aromatic carbocycles. The Labute approximate surface area is 87.4 Å². The summed E-state index contributed by atoms with van der Waals surface area (Å²) in [5.74, 6) is 0.915. The molecule has 2 aliphatic rings. The number of likely N-dealkylation sites (tertiary alicyclic amines) is 1. The van der Waals surface area contributed by atoms with Crippen LogP contribution in [0.4, 0.5) is 0 Å². The van der Waals surface area contributed by atoms with E-state index >= 15 is 0 Å². The first-order valence-corrected chi connectivity index (χ1v) is 5.26. The maximum atomic E-state index is 11.9. The van der Waals surface area contributed by atoms with E-state index in [-0.39, 0.29) is 5.91 Å². The molecule has 1 aromatic rings. The summed E-state index contributed by atoms with van der Waals surface area (Å²) in [5, 5.41) is 6.96. The lowest BCUT2D eigenvalue weighted by molar-refractivity contribution is 0.0650. The quantitative estimate of drug-likeness (QED) is 0.710. The van der Waals surface area contributed by atoms with E-state index in [1.165, 1.54) is 12.6 Å². The van der Waals surface area contributed by atoms with E-state index < -0.39 is 0 Å². The summed E-state index contributed by atoms with van der Waals surface area (Å²) in [6.45, 7) is 2.66. The molecule has 5 heteroatoms. The van der Waals surface area contributed by atoms with E-state index in [0.29, 0.717) is 17.7 Å². The Balaban J connectivity index is 1.75. The standard InChI is InChI=1S/C10H13N3O2/c14-10(9-1-2-12-15-9)13-5-7-3-8(6-13)11-4-7/h1-2,7-8,11H,3-6H2. The van der Waals surface area contributed by atoms with E-state index in [1.807, 2.05) is 4.90 Å². The van der Waals surface area contributed by atoms with Crippen LogP contribution >= 0.6 is 0 Å². The first-order valence-electron chi connectivity index (χ1n) is 5.26. The smallest absolute Gasteiger partial charge is 0.292 e. The van der Waals surface area contributed by atoms with Crippen LogP contribution in [0.1, 0.15) is 17.0 Å². The van der Waals surface area contributed by atoms with Crippen LogP contribution in [-0.2, 0) is 0 Å². The molecule has 80 valence electrons. The molecule has 3 heterocycles. The highest BCUT2D eigenvalue weighted by Gasteiger charge is 2.35. The van der Waals surface area contributed by atoms with Gasteiger partial charge in [-0.3, -0.25) is 4.79 Å². The number of rotatable bonds is 1. The molecule has 3 rings (SSSR count). The first-order chi connectivity index (χ1) is 7.33. The second-order valence-electron chi connectivity index (χ2n) is 4.29. The van der Waals surface area contributed by atoms with Crippen LogP contribution in [0.5, 0.6) is 0 Å². The molecule has 2 saturated heterocycles. The van der Waals surface area contributed by atoms with E-state index in [9.17, 15) is 4.79 Å². The van der Waals surface area contributed by atoms with Crippen molar-refractivity contribution in [3.05, 3.63) is 18.0 Å². The second kappa shape index (κ2) is 3.34. The molecular weight excluding hydrogens is 194 g/mol. The van der Waals surface area contributed by atoms with Crippen LogP contribution in [0.25, 0.3) is 0 Å². The van der Waals surface area contributed by atoms with Gasteiger partial charge >= 0.3 is 0 Å². The third-order valence-corrected chi connectivity index (χ3v) is 3.17. The largest absolute Gasteiger partial charge is 0.351 e. The molecule has 2 unspecified atom stereocenters. The Morgan fingerprint density at radius 1 is 1.60 bits per heavy atom. The zero-order valence-corrected chi connectivity index (χ0v) is 8.35. The molecule has 0 radical (unpaired) electrons. The van der Waals surface area contributed by atoms with Crippen molar-refractivity contribution < 1.29 is 9.32 Å². The number of amides is 1.